The molecule has 0 radical (unpaired) electrons. The number of hydrogen-bond acceptors (Lipinski definition) is 6. The van der Waals surface area contributed by atoms with Gasteiger partial charge in [-0.1, -0.05) is 0 Å². The van der Waals surface area contributed by atoms with Crippen molar-refractivity contribution in [2.45, 2.75) is 31.0 Å². The minimum atomic E-state index is 0.532. The smallest absolute Gasteiger partial charge is 0.214 e. The van der Waals surface area contributed by atoms with Gasteiger partial charge in [-0.25, -0.2) is 4.98 Å². The molecular weight excluding hydrogens is 236 g/mol. The van der Waals surface area contributed by atoms with E-state index in [9.17, 15) is 0 Å². The summed E-state index contributed by atoms with van der Waals surface area (Å²) >= 11 is 1.23. The summed E-state index contributed by atoms with van der Waals surface area (Å²) in [5, 5.41) is 24.9. The van der Waals surface area contributed by atoms with Crippen molar-refractivity contribution < 1.29 is 0 Å². The van der Waals surface area contributed by atoms with E-state index >= 15 is 0 Å². The van der Waals surface area contributed by atoms with Gasteiger partial charge in [0, 0.05) is 0 Å². The van der Waals surface area contributed by atoms with E-state index in [-0.39, 0.29) is 0 Å². The van der Waals surface area contributed by atoms with Crippen molar-refractivity contribution in [3.05, 3.63) is 22.6 Å². The Morgan fingerprint density at radius 3 is 2.59 bits per heavy atom. The van der Waals surface area contributed by atoms with Crippen LogP contribution in [0.3, 0.4) is 0 Å². The van der Waals surface area contributed by atoms with Gasteiger partial charge < -0.3 is 0 Å². The van der Waals surface area contributed by atoms with Gasteiger partial charge in [-0.3, -0.25) is 5.10 Å². The zero-order valence-electron chi connectivity index (χ0n) is 9.64. The van der Waals surface area contributed by atoms with Crippen LogP contribution in [0.5, 0.6) is 0 Å². The first-order chi connectivity index (χ1) is 8.11. The molecule has 0 bridgehead atoms. The molecule has 2 heterocycles. The summed E-state index contributed by atoms with van der Waals surface area (Å²) in [4.78, 5) is 4.15. The highest BCUT2D eigenvalue weighted by Crippen LogP contribution is 2.27. The van der Waals surface area contributed by atoms with Crippen molar-refractivity contribution in [1.29, 1.82) is 5.26 Å². The van der Waals surface area contributed by atoms with E-state index in [1.54, 1.807) is 0 Å². The van der Waals surface area contributed by atoms with Gasteiger partial charge in [-0.2, -0.15) is 10.4 Å². The lowest BCUT2D eigenvalue weighted by Crippen LogP contribution is -1.99. The van der Waals surface area contributed by atoms with Gasteiger partial charge in [0.25, 0.3) is 0 Å². The maximum absolute atomic E-state index is 9.13. The Morgan fingerprint density at radius 2 is 2.00 bits per heavy atom. The number of H-pyrrole nitrogens is 1. The van der Waals surface area contributed by atoms with Crippen LogP contribution in [0.4, 0.5) is 0 Å². The van der Waals surface area contributed by atoms with Gasteiger partial charge in [0.15, 0.2) is 0 Å². The van der Waals surface area contributed by atoms with E-state index < -0.39 is 0 Å². The van der Waals surface area contributed by atoms with E-state index in [0.29, 0.717) is 15.7 Å². The molecule has 7 heteroatoms. The molecule has 0 spiro atoms. The molecule has 0 aliphatic heterocycles. The van der Waals surface area contributed by atoms with Crippen LogP contribution in [0.15, 0.2) is 10.2 Å². The molecule has 0 unspecified atom stereocenters. The Hall–Kier alpha value is -1.94. The Kier molecular flexibility index (Phi) is 3.06. The number of nitriles is 1. The molecule has 1 N–H and O–H groups in total. The predicted octanol–water partition coefficient (Wildman–Crippen LogP) is 1.54. The Bertz CT molecular complexity index is 597. The molecule has 0 aliphatic carbocycles. The van der Waals surface area contributed by atoms with E-state index in [4.69, 9.17) is 5.26 Å². The predicted molar refractivity (Wildman–Crippen MR) is 61.5 cm³/mol. The normalized spacial score (nSPS) is 10.2. The quantitative estimate of drug-likeness (QED) is 0.864. The van der Waals surface area contributed by atoms with Crippen LogP contribution in [0.1, 0.15) is 22.6 Å². The molecule has 0 saturated heterocycles. The molecule has 0 fully saturated rings. The summed E-state index contributed by atoms with van der Waals surface area (Å²) in [5.41, 5.74) is 2.14. The lowest BCUT2D eigenvalue weighted by atomic mass is 10.1. The number of nitrogens with one attached hydrogen (secondary N) is 1. The molecule has 86 valence electrons. The third-order valence-electron chi connectivity index (χ3n) is 2.30. The second kappa shape index (κ2) is 4.51. The molecule has 0 atom stereocenters. The number of rotatable bonds is 2. The van der Waals surface area contributed by atoms with Crippen LogP contribution in [-0.2, 0) is 0 Å². The summed E-state index contributed by atoms with van der Waals surface area (Å²) in [7, 11) is 0. The molecule has 0 aliphatic rings. The fraction of sp³-hybridized carbons (Fsp3) is 0.300. The van der Waals surface area contributed by atoms with Crippen molar-refractivity contribution in [1.82, 2.24) is 25.4 Å². The number of aromatic amines is 1. The fourth-order valence-corrected chi connectivity index (χ4v) is 2.07. The van der Waals surface area contributed by atoms with Crippen molar-refractivity contribution in [2.75, 3.05) is 0 Å². The molecule has 2 aromatic rings. The standard InChI is InChI=1S/C10H10N6S/c1-5-6(2)13-15-9(8(5)4-11)17-10-12-7(3)14-16-10/h1-3H3,(H,12,14,16). The Morgan fingerprint density at radius 1 is 1.24 bits per heavy atom. The first kappa shape index (κ1) is 11.5. The van der Waals surface area contributed by atoms with Crippen LogP contribution >= 0.6 is 11.8 Å². The van der Waals surface area contributed by atoms with Crippen molar-refractivity contribution >= 4 is 11.8 Å². The van der Waals surface area contributed by atoms with Crippen molar-refractivity contribution in [3.8, 4) is 6.07 Å². The topological polar surface area (TPSA) is 91.1 Å². The van der Waals surface area contributed by atoms with E-state index in [1.165, 1.54) is 11.8 Å². The van der Waals surface area contributed by atoms with Gasteiger partial charge in [-0.15, -0.1) is 10.2 Å². The molecule has 2 aromatic heterocycles. The molecule has 17 heavy (non-hydrogen) atoms. The third-order valence-corrected chi connectivity index (χ3v) is 3.14. The number of aryl methyl sites for hydroxylation is 2. The highest BCUT2D eigenvalue weighted by Gasteiger charge is 2.14. The summed E-state index contributed by atoms with van der Waals surface area (Å²) in [6.07, 6.45) is 0. The minimum Gasteiger partial charge on any atom is -0.262 e. The Labute approximate surface area is 102 Å². The maximum atomic E-state index is 9.13. The third kappa shape index (κ3) is 2.26. The van der Waals surface area contributed by atoms with Crippen LogP contribution < -0.4 is 0 Å². The van der Waals surface area contributed by atoms with Crippen LogP contribution in [0, 0.1) is 32.1 Å². The number of hydrogen-bond donors (Lipinski definition) is 1. The van der Waals surface area contributed by atoms with Gasteiger partial charge in [0.05, 0.1) is 11.3 Å². The summed E-state index contributed by atoms with van der Waals surface area (Å²) in [5.74, 6) is 0.725. The molecule has 0 amide bonds. The molecular formula is C10H10N6S. The van der Waals surface area contributed by atoms with Crippen molar-refractivity contribution in [2.24, 2.45) is 0 Å². The van der Waals surface area contributed by atoms with Crippen LogP contribution in [0.2, 0.25) is 0 Å². The molecule has 6 nitrogen and oxygen atoms in total. The molecule has 0 saturated carbocycles. The maximum Gasteiger partial charge on any atom is 0.214 e. The van der Waals surface area contributed by atoms with Crippen LogP contribution in [0.25, 0.3) is 0 Å². The molecule has 2 rings (SSSR count). The highest BCUT2D eigenvalue weighted by atomic mass is 32.2. The van der Waals surface area contributed by atoms with Gasteiger partial charge in [0.2, 0.25) is 5.16 Å². The summed E-state index contributed by atoms with van der Waals surface area (Å²) < 4.78 is 0. The second-order valence-electron chi connectivity index (χ2n) is 3.51. The van der Waals surface area contributed by atoms with Crippen molar-refractivity contribution in [3.63, 3.8) is 0 Å². The highest BCUT2D eigenvalue weighted by molar-refractivity contribution is 7.99. The second-order valence-corrected chi connectivity index (χ2v) is 4.46. The lowest BCUT2D eigenvalue weighted by molar-refractivity contribution is 0.865. The van der Waals surface area contributed by atoms with E-state index in [1.807, 2.05) is 20.8 Å². The molecule has 0 aromatic carbocycles. The van der Waals surface area contributed by atoms with Gasteiger partial charge >= 0.3 is 0 Å². The minimum absolute atomic E-state index is 0.532. The SMILES string of the molecule is Cc1nc(Sc2nnc(C)c(C)c2C#N)n[nH]1. The van der Waals surface area contributed by atoms with E-state index in [2.05, 4.69) is 31.4 Å². The average molecular weight is 246 g/mol. The lowest BCUT2D eigenvalue weighted by Gasteiger charge is -2.04. The summed E-state index contributed by atoms with van der Waals surface area (Å²) in [6.45, 7) is 5.50. The number of nitrogens with zero attached hydrogens (tertiary/aromatic N) is 5. The monoisotopic (exact) mass is 246 g/mol. The number of aromatic nitrogens is 5. The average Bonchev–Trinajstić information content (AvgIpc) is 2.70. The summed E-state index contributed by atoms with van der Waals surface area (Å²) in [6, 6.07) is 2.14. The Balaban J connectivity index is 2.40. The zero-order valence-corrected chi connectivity index (χ0v) is 10.5. The fourth-order valence-electron chi connectivity index (χ4n) is 1.24. The first-order valence-corrected chi connectivity index (χ1v) is 5.74. The van der Waals surface area contributed by atoms with Crippen LogP contribution in [-0.4, -0.2) is 25.4 Å². The van der Waals surface area contributed by atoms with Gasteiger partial charge in [-0.05, 0) is 38.1 Å². The van der Waals surface area contributed by atoms with E-state index in [0.717, 1.165) is 17.1 Å². The zero-order chi connectivity index (χ0) is 12.4. The first-order valence-electron chi connectivity index (χ1n) is 4.92. The largest absolute Gasteiger partial charge is 0.262 e. The van der Waals surface area contributed by atoms with Gasteiger partial charge in [0.1, 0.15) is 16.9 Å².